The molecule has 2 aromatic heterocycles. The summed E-state index contributed by atoms with van der Waals surface area (Å²) in [5.74, 6) is 0. The molecule has 5 aromatic rings. The highest BCUT2D eigenvalue weighted by molar-refractivity contribution is 7.89. The molecule has 1 atom stereocenters. The first-order chi connectivity index (χ1) is 16.0. The van der Waals surface area contributed by atoms with Gasteiger partial charge >= 0.3 is 0 Å². The molecule has 164 valence electrons. The zero-order chi connectivity index (χ0) is 22.6. The predicted octanol–water partition coefficient (Wildman–Crippen LogP) is 5.08. The molecule has 0 saturated heterocycles. The van der Waals surface area contributed by atoms with Crippen LogP contribution < -0.4 is 0 Å². The summed E-state index contributed by atoms with van der Waals surface area (Å²) in [6.07, 6.45) is 2.00. The van der Waals surface area contributed by atoms with Gasteiger partial charge < -0.3 is 4.57 Å². The highest BCUT2D eigenvalue weighted by Gasteiger charge is 2.39. The Labute approximate surface area is 196 Å². The smallest absolute Gasteiger partial charge is 0.246 e. The second-order valence-electron chi connectivity index (χ2n) is 8.18. The molecular weight excluding hydrogens is 452 g/mol. The van der Waals surface area contributed by atoms with Gasteiger partial charge in [-0.05, 0) is 48.4 Å². The lowest BCUT2D eigenvalue weighted by Crippen LogP contribution is -2.35. The van der Waals surface area contributed by atoms with Crippen molar-refractivity contribution < 1.29 is 8.42 Å². The van der Waals surface area contributed by atoms with E-state index < -0.39 is 16.1 Å². The fourth-order valence-electron chi connectivity index (χ4n) is 4.55. The minimum absolute atomic E-state index is 0.184. The summed E-state index contributed by atoms with van der Waals surface area (Å²) in [7, 11) is -3.93. The number of aryl methyl sites for hydroxylation is 1. The zero-order valence-corrected chi connectivity index (χ0v) is 19.4. The van der Waals surface area contributed by atoms with Crippen molar-refractivity contribution in [2.24, 2.45) is 0 Å². The summed E-state index contributed by atoms with van der Waals surface area (Å²) in [6.45, 7) is 2.27. The molecule has 33 heavy (non-hydrogen) atoms. The molecule has 0 spiro atoms. The average Bonchev–Trinajstić information content (AvgIpc) is 3.47. The van der Waals surface area contributed by atoms with E-state index in [9.17, 15) is 8.42 Å². The van der Waals surface area contributed by atoms with Gasteiger partial charge in [0.1, 0.15) is 15.9 Å². The first-order valence-electron chi connectivity index (χ1n) is 10.6. The van der Waals surface area contributed by atoms with Crippen molar-refractivity contribution in [3.8, 4) is 5.69 Å². The third-order valence-corrected chi connectivity index (χ3v) is 8.54. The molecule has 3 heterocycles. The number of aromatic nitrogens is 3. The summed E-state index contributed by atoms with van der Waals surface area (Å²) >= 11 is 1.02. The van der Waals surface area contributed by atoms with Crippen LogP contribution in [0.25, 0.3) is 16.7 Å². The zero-order valence-electron chi connectivity index (χ0n) is 17.8. The van der Waals surface area contributed by atoms with Crippen LogP contribution in [0.15, 0.2) is 90.0 Å². The van der Waals surface area contributed by atoms with Crippen molar-refractivity contribution in [2.45, 2.75) is 24.4 Å². The maximum atomic E-state index is 14.3. The molecule has 6 rings (SSSR count). The molecule has 3 aromatic carbocycles. The Bertz CT molecular complexity index is 1590. The van der Waals surface area contributed by atoms with Crippen molar-refractivity contribution in [1.82, 2.24) is 17.6 Å². The highest BCUT2D eigenvalue weighted by atomic mass is 32.2. The van der Waals surface area contributed by atoms with Crippen molar-refractivity contribution >= 4 is 32.8 Å². The van der Waals surface area contributed by atoms with Crippen LogP contribution in [0.1, 0.15) is 28.4 Å². The molecular formula is C25H20N4O2S2. The van der Waals surface area contributed by atoms with E-state index >= 15 is 0 Å². The molecule has 0 N–H and O–H groups in total. The van der Waals surface area contributed by atoms with Crippen LogP contribution in [-0.2, 0) is 16.6 Å². The number of hydrogen-bond donors (Lipinski definition) is 0. The Morgan fingerprint density at radius 3 is 2.58 bits per heavy atom. The van der Waals surface area contributed by atoms with Gasteiger partial charge in [0.15, 0.2) is 0 Å². The fourth-order valence-corrected chi connectivity index (χ4v) is 6.87. The summed E-state index contributed by atoms with van der Waals surface area (Å²) in [5, 5.41) is 0. The second-order valence-corrected chi connectivity index (χ2v) is 10.6. The maximum Gasteiger partial charge on any atom is 0.246 e. The molecule has 0 fully saturated rings. The molecule has 8 heteroatoms. The Kier molecular flexibility index (Phi) is 4.69. The largest absolute Gasteiger partial charge is 0.319 e. The van der Waals surface area contributed by atoms with Crippen LogP contribution in [0.5, 0.6) is 0 Å². The Balaban J connectivity index is 1.63. The highest BCUT2D eigenvalue weighted by Crippen LogP contribution is 2.40. The predicted molar refractivity (Wildman–Crippen MR) is 129 cm³/mol. The van der Waals surface area contributed by atoms with E-state index in [4.69, 9.17) is 0 Å². The molecule has 0 saturated carbocycles. The standard InChI is InChI=1S/C25H20N4O2S2/c1-17-11-13-18(14-12-17)25-22-9-5-15-28(22)21-8-3-2-6-19(21)16-29(25)33(30,31)23-10-4-7-20-24(23)27-32-26-20/h2-15,25H,16H2,1H3. The number of hydrogen-bond acceptors (Lipinski definition) is 5. The van der Waals surface area contributed by atoms with Gasteiger partial charge in [0.25, 0.3) is 0 Å². The van der Waals surface area contributed by atoms with E-state index in [1.807, 2.05) is 73.8 Å². The topological polar surface area (TPSA) is 68.1 Å². The van der Waals surface area contributed by atoms with E-state index in [1.165, 1.54) is 0 Å². The second kappa shape index (κ2) is 7.62. The van der Waals surface area contributed by atoms with Crippen LogP contribution in [0.4, 0.5) is 0 Å². The normalized spacial score (nSPS) is 16.3. The van der Waals surface area contributed by atoms with Gasteiger partial charge in [-0.15, -0.1) is 0 Å². The van der Waals surface area contributed by atoms with Gasteiger partial charge in [0.05, 0.1) is 17.8 Å². The van der Waals surface area contributed by atoms with E-state index in [2.05, 4.69) is 13.3 Å². The third-order valence-electron chi connectivity index (χ3n) is 6.15. The van der Waals surface area contributed by atoms with Crippen molar-refractivity contribution in [2.75, 3.05) is 0 Å². The first-order valence-corrected chi connectivity index (χ1v) is 12.8. The van der Waals surface area contributed by atoms with Crippen LogP contribution >= 0.6 is 11.7 Å². The molecule has 1 unspecified atom stereocenters. The average molecular weight is 473 g/mol. The number of para-hydroxylation sites is 1. The van der Waals surface area contributed by atoms with Crippen molar-refractivity contribution in [3.63, 3.8) is 0 Å². The van der Waals surface area contributed by atoms with Crippen LogP contribution in [-0.4, -0.2) is 26.0 Å². The van der Waals surface area contributed by atoms with Crippen LogP contribution in [0, 0.1) is 6.92 Å². The lowest BCUT2D eigenvalue weighted by molar-refractivity contribution is 0.354. The third kappa shape index (κ3) is 3.21. The number of rotatable bonds is 3. The number of nitrogens with zero attached hydrogens (tertiary/aromatic N) is 4. The van der Waals surface area contributed by atoms with E-state index in [-0.39, 0.29) is 11.4 Å². The minimum Gasteiger partial charge on any atom is -0.319 e. The van der Waals surface area contributed by atoms with Gasteiger partial charge in [0, 0.05) is 24.1 Å². The van der Waals surface area contributed by atoms with Crippen LogP contribution in [0.2, 0.25) is 0 Å². The maximum absolute atomic E-state index is 14.3. The molecule has 6 nitrogen and oxygen atoms in total. The lowest BCUT2D eigenvalue weighted by atomic mass is 10.0. The Morgan fingerprint density at radius 2 is 1.73 bits per heavy atom. The monoisotopic (exact) mass is 472 g/mol. The minimum atomic E-state index is -3.93. The molecule has 0 radical (unpaired) electrons. The SMILES string of the molecule is Cc1ccc(C2c3cccn3-c3ccccc3CN2S(=O)(=O)c2cccc3nsnc23)cc1. The summed E-state index contributed by atoms with van der Waals surface area (Å²) < 4.78 is 40.9. The number of fused-ring (bicyclic) bond motifs is 4. The summed E-state index contributed by atoms with van der Waals surface area (Å²) in [4.78, 5) is 0.184. The van der Waals surface area contributed by atoms with Crippen molar-refractivity contribution in [3.05, 3.63) is 107 Å². The quantitative estimate of drug-likeness (QED) is 0.367. The van der Waals surface area contributed by atoms with E-state index in [1.54, 1.807) is 22.5 Å². The van der Waals surface area contributed by atoms with Gasteiger partial charge in [-0.25, -0.2) is 8.42 Å². The molecule has 1 aliphatic heterocycles. The van der Waals surface area contributed by atoms with Gasteiger partial charge in [-0.2, -0.15) is 13.1 Å². The van der Waals surface area contributed by atoms with E-state index in [0.29, 0.717) is 11.0 Å². The number of sulfonamides is 1. The molecule has 0 aliphatic carbocycles. The Morgan fingerprint density at radius 1 is 0.909 bits per heavy atom. The Hall–Kier alpha value is -3.33. The van der Waals surface area contributed by atoms with Gasteiger partial charge in [0.2, 0.25) is 10.0 Å². The van der Waals surface area contributed by atoms with E-state index in [0.717, 1.165) is 39.8 Å². The van der Waals surface area contributed by atoms with Gasteiger partial charge in [-0.1, -0.05) is 54.1 Å². The van der Waals surface area contributed by atoms with Crippen LogP contribution in [0.3, 0.4) is 0 Å². The van der Waals surface area contributed by atoms with Crippen molar-refractivity contribution in [1.29, 1.82) is 0 Å². The lowest BCUT2D eigenvalue weighted by Gasteiger charge is -2.30. The first kappa shape index (κ1) is 20.3. The van der Waals surface area contributed by atoms with Gasteiger partial charge in [-0.3, -0.25) is 0 Å². The molecule has 0 amide bonds. The fraction of sp³-hybridized carbons (Fsp3) is 0.120. The summed E-state index contributed by atoms with van der Waals surface area (Å²) in [5.41, 5.74) is 5.87. The number of benzene rings is 3. The molecule has 0 bridgehead atoms. The summed E-state index contributed by atoms with van der Waals surface area (Å²) in [6, 6.07) is 24.6. The molecule has 1 aliphatic rings.